The standard InChI is InChI=1S/C12H11ClN2O/c1-7-8(2)12(16)15-14-11(7)9-3-5-10(13)6-4-9/h3-6H,1-2H3,(H,15,16). The second-order valence-electron chi connectivity index (χ2n) is 3.66. The number of hydrogen-bond donors (Lipinski definition) is 1. The molecule has 0 fully saturated rings. The molecule has 1 aromatic heterocycles. The quantitative estimate of drug-likeness (QED) is 0.825. The summed E-state index contributed by atoms with van der Waals surface area (Å²) >= 11 is 5.82. The first-order valence-electron chi connectivity index (χ1n) is 4.91. The van der Waals surface area contributed by atoms with E-state index < -0.39 is 0 Å². The van der Waals surface area contributed by atoms with Gasteiger partial charge >= 0.3 is 0 Å². The maximum Gasteiger partial charge on any atom is 0.267 e. The number of nitrogens with zero attached hydrogens (tertiary/aromatic N) is 1. The zero-order valence-electron chi connectivity index (χ0n) is 9.04. The molecule has 0 spiro atoms. The van der Waals surface area contributed by atoms with Crippen molar-refractivity contribution in [1.82, 2.24) is 10.2 Å². The first-order valence-corrected chi connectivity index (χ1v) is 5.29. The molecule has 16 heavy (non-hydrogen) atoms. The molecule has 0 amide bonds. The number of aromatic amines is 1. The summed E-state index contributed by atoms with van der Waals surface area (Å²) < 4.78 is 0. The predicted octanol–water partition coefficient (Wildman–Crippen LogP) is 2.71. The number of H-pyrrole nitrogens is 1. The maximum absolute atomic E-state index is 11.3. The van der Waals surface area contributed by atoms with Crippen molar-refractivity contribution in [2.75, 3.05) is 0 Å². The van der Waals surface area contributed by atoms with Gasteiger partial charge in [0.2, 0.25) is 0 Å². The average Bonchev–Trinajstić information content (AvgIpc) is 2.28. The molecule has 1 heterocycles. The highest BCUT2D eigenvalue weighted by Gasteiger charge is 2.08. The number of benzene rings is 1. The van der Waals surface area contributed by atoms with Gasteiger partial charge in [-0.05, 0) is 31.5 Å². The van der Waals surface area contributed by atoms with Crippen LogP contribution < -0.4 is 5.56 Å². The molecule has 1 N–H and O–H groups in total. The van der Waals surface area contributed by atoms with E-state index in [1.165, 1.54) is 0 Å². The van der Waals surface area contributed by atoms with E-state index in [9.17, 15) is 4.79 Å². The Hall–Kier alpha value is -1.61. The van der Waals surface area contributed by atoms with Gasteiger partial charge in [-0.25, -0.2) is 5.10 Å². The molecule has 4 heteroatoms. The van der Waals surface area contributed by atoms with Crippen LogP contribution in [0.5, 0.6) is 0 Å². The Morgan fingerprint density at radius 3 is 2.38 bits per heavy atom. The van der Waals surface area contributed by atoms with E-state index in [4.69, 9.17) is 11.6 Å². The monoisotopic (exact) mass is 234 g/mol. The van der Waals surface area contributed by atoms with Crippen molar-refractivity contribution in [2.45, 2.75) is 13.8 Å². The van der Waals surface area contributed by atoms with E-state index in [-0.39, 0.29) is 5.56 Å². The highest BCUT2D eigenvalue weighted by molar-refractivity contribution is 6.30. The number of aromatic nitrogens is 2. The summed E-state index contributed by atoms with van der Waals surface area (Å²) in [6.07, 6.45) is 0. The Kier molecular flexibility index (Phi) is 2.79. The summed E-state index contributed by atoms with van der Waals surface area (Å²) in [5.74, 6) is 0. The van der Waals surface area contributed by atoms with Crippen molar-refractivity contribution in [1.29, 1.82) is 0 Å². The zero-order valence-corrected chi connectivity index (χ0v) is 9.80. The van der Waals surface area contributed by atoms with Crippen LogP contribution in [0.4, 0.5) is 0 Å². The van der Waals surface area contributed by atoms with Gasteiger partial charge in [0.05, 0.1) is 5.69 Å². The first kappa shape index (κ1) is 10.9. The molecule has 0 bridgehead atoms. The topological polar surface area (TPSA) is 45.8 Å². The Bertz CT molecular complexity index is 573. The second-order valence-corrected chi connectivity index (χ2v) is 4.09. The Morgan fingerprint density at radius 1 is 1.12 bits per heavy atom. The molecular formula is C12H11ClN2O. The molecule has 0 aliphatic carbocycles. The van der Waals surface area contributed by atoms with Crippen LogP contribution in [-0.4, -0.2) is 10.2 Å². The second kappa shape index (κ2) is 4.10. The smallest absolute Gasteiger partial charge is 0.267 e. The average molecular weight is 235 g/mol. The molecule has 3 nitrogen and oxygen atoms in total. The van der Waals surface area contributed by atoms with Crippen LogP contribution in [0, 0.1) is 13.8 Å². The third-order valence-electron chi connectivity index (χ3n) is 2.65. The molecule has 0 radical (unpaired) electrons. The number of hydrogen-bond acceptors (Lipinski definition) is 2. The van der Waals surface area contributed by atoms with Gasteiger partial charge in [-0.2, -0.15) is 5.10 Å². The van der Waals surface area contributed by atoms with Gasteiger partial charge in [-0.1, -0.05) is 23.7 Å². The molecule has 82 valence electrons. The number of nitrogens with one attached hydrogen (secondary N) is 1. The van der Waals surface area contributed by atoms with E-state index in [2.05, 4.69) is 10.2 Å². The SMILES string of the molecule is Cc1c(-c2ccc(Cl)cc2)n[nH]c(=O)c1C. The lowest BCUT2D eigenvalue weighted by Crippen LogP contribution is -2.14. The van der Waals surface area contributed by atoms with Gasteiger partial charge in [0, 0.05) is 16.1 Å². The summed E-state index contributed by atoms with van der Waals surface area (Å²) in [5.41, 5.74) is 3.18. The Morgan fingerprint density at radius 2 is 1.75 bits per heavy atom. The lowest BCUT2D eigenvalue weighted by molar-refractivity contribution is 0.959. The van der Waals surface area contributed by atoms with E-state index in [0.29, 0.717) is 10.6 Å². The predicted molar refractivity (Wildman–Crippen MR) is 64.8 cm³/mol. The third kappa shape index (κ3) is 1.86. The van der Waals surface area contributed by atoms with Crippen LogP contribution in [0.15, 0.2) is 29.1 Å². The normalized spacial score (nSPS) is 10.4. The molecule has 0 saturated heterocycles. The van der Waals surface area contributed by atoms with Crippen molar-refractivity contribution >= 4 is 11.6 Å². The minimum Gasteiger partial charge on any atom is -0.268 e. The van der Waals surface area contributed by atoms with Crippen LogP contribution in [0.25, 0.3) is 11.3 Å². The van der Waals surface area contributed by atoms with E-state index in [1.54, 1.807) is 19.1 Å². The van der Waals surface area contributed by atoms with E-state index >= 15 is 0 Å². The molecule has 2 rings (SSSR count). The Labute approximate surface area is 98.1 Å². The van der Waals surface area contributed by atoms with E-state index in [1.807, 2.05) is 19.1 Å². The highest BCUT2D eigenvalue weighted by Crippen LogP contribution is 2.22. The summed E-state index contributed by atoms with van der Waals surface area (Å²) in [6, 6.07) is 7.38. The molecule has 0 saturated carbocycles. The van der Waals surface area contributed by atoms with Gasteiger partial charge in [-0.3, -0.25) is 4.79 Å². The molecule has 2 aromatic rings. The summed E-state index contributed by atoms with van der Waals surface area (Å²) in [5, 5.41) is 7.22. The summed E-state index contributed by atoms with van der Waals surface area (Å²) in [6.45, 7) is 3.68. The molecule has 0 atom stereocenters. The fourth-order valence-corrected chi connectivity index (χ4v) is 1.64. The molecular weight excluding hydrogens is 224 g/mol. The van der Waals surface area contributed by atoms with Crippen LogP contribution in [0.3, 0.4) is 0 Å². The van der Waals surface area contributed by atoms with Crippen molar-refractivity contribution < 1.29 is 0 Å². The number of halogens is 1. The third-order valence-corrected chi connectivity index (χ3v) is 2.90. The maximum atomic E-state index is 11.3. The summed E-state index contributed by atoms with van der Waals surface area (Å²) in [7, 11) is 0. The first-order chi connectivity index (χ1) is 7.59. The van der Waals surface area contributed by atoms with Crippen molar-refractivity contribution in [3.8, 4) is 11.3 Å². The van der Waals surface area contributed by atoms with Crippen LogP contribution in [-0.2, 0) is 0 Å². The van der Waals surface area contributed by atoms with E-state index in [0.717, 1.165) is 16.8 Å². The highest BCUT2D eigenvalue weighted by atomic mass is 35.5. The molecule has 0 aliphatic heterocycles. The minimum absolute atomic E-state index is 0.143. The minimum atomic E-state index is -0.143. The number of rotatable bonds is 1. The van der Waals surface area contributed by atoms with Crippen molar-refractivity contribution in [3.05, 3.63) is 50.8 Å². The lowest BCUT2D eigenvalue weighted by Gasteiger charge is -2.06. The molecule has 1 aromatic carbocycles. The van der Waals surface area contributed by atoms with Crippen molar-refractivity contribution in [2.24, 2.45) is 0 Å². The van der Waals surface area contributed by atoms with Gasteiger partial charge in [0.1, 0.15) is 0 Å². The van der Waals surface area contributed by atoms with Crippen molar-refractivity contribution in [3.63, 3.8) is 0 Å². The van der Waals surface area contributed by atoms with Crippen LogP contribution in [0.1, 0.15) is 11.1 Å². The fourth-order valence-electron chi connectivity index (χ4n) is 1.51. The molecule has 0 aliphatic rings. The summed E-state index contributed by atoms with van der Waals surface area (Å²) in [4.78, 5) is 11.3. The Balaban J connectivity index is 2.61. The zero-order chi connectivity index (χ0) is 11.7. The van der Waals surface area contributed by atoms with Gasteiger partial charge in [0.25, 0.3) is 5.56 Å². The van der Waals surface area contributed by atoms with Gasteiger partial charge < -0.3 is 0 Å². The lowest BCUT2D eigenvalue weighted by atomic mass is 10.0. The fraction of sp³-hybridized carbons (Fsp3) is 0.167. The van der Waals surface area contributed by atoms with Gasteiger partial charge in [-0.15, -0.1) is 0 Å². The van der Waals surface area contributed by atoms with Crippen LogP contribution in [0.2, 0.25) is 5.02 Å². The molecule has 0 unspecified atom stereocenters. The van der Waals surface area contributed by atoms with Gasteiger partial charge in [0.15, 0.2) is 0 Å². The van der Waals surface area contributed by atoms with Crippen LogP contribution >= 0.6 is 11.6 Å². The largest absolute Gasteiger partial charge is 0.268 e.